The van der Waals surface area contributed by atoms with Gasteiger partial charge in [-0.25, -0.2) is 0 Å². The second kappa shape index (κ2) is 9.69. The molecule has 6 nitrogen and oxygen atoms in total. The van der Waals surface area contributed by atoms with E-state index in [0.717, 1.165) is 47.5 Å². The maximum Gasteiger partial charge on any atom is 0.203 e. The van der Waals surface area contributed by atoms with Crippen LogP contribution >= 0.6 is 0 Å². The molecule has 0 saturated heterocycles. The van der Waals surface area contributed by atoms with Crippen LogP contribution < -0.4 is 23.7 Å². The highest BCUT2D eigenvalue weighted by molar-refractivity contribution is 5.57. The summed E-state index contributed by atoms with van der Waals surface area (Å²) in [7, 11) is 10.7. The van der Waals surface area contributed by atoms with Crippen molar-refractivity contribution in [3.05, 3.63) is 41.0 Å². The average molecular weight is 431 g/mol. The van der Waals surface area contributed by atoms with Crippen LogP contribution in [0, 0.1) is 0 Å². The fourth-order valence-corrected chi connectivity index (χ4v) is 4.81. The van der Waals surface area contributed by atoms with E-state index in [2.05, 4.69) is 38.2 Å². The molecule has 31 heavy (non-hydrogen) atoms. The SMILES string of the molecule is CCCC[N+]1(C)CCc2cc(OC)c(OC)cc2C1c1cc(OC)c(OC)c(OC)c1. The lowest BCUT2D eigenvalue weighted by Gasteiger charge is -2.46. The summed E-state index contributed by atoms with van der Waals surface area (Å²) >= 11 is 0. The van der Waals surface area contributed by atoms with Gasteiger partial charge < -0.3 is 28.2 Å². The van der Waals surface area contributed by atoms with Crippen molar-refractivity contribution >= 4 is 0 Å². The summed E-state index contributed by atoms with van der Waals surface area (Å²) < 4.78 is 29.1. The summed E-state index contributed by atoms with van der Waals surface area (Å²) in [6, 6.07) is 8.55. The molecule has 0 bridgehead atoms. The Kier molecular flexibility index (Phi) is 7.21. The number of rotatable bonds is 9. The van der Waals surface area contributed by atoms with Crippen LogP contribution in [0.25, 0.3) is 0 Å². The molecule has 0 aromatic heterocycles. The van der Waals surface area contributed by atoms with Gasteiger partial charge in [0, 0.05) is 17.5 Å². The fourth-order valence-electron chi connectivity index (χ4n) is 4.81. The molecular formula is C25H36NO5+. The Bertz CT molecular complexity index is 888. The molecule has 0 radical (unpaired) electrons. The highest BCUT2D eigenvalue weighted by Gasteiger charge is 2.41. The Hall–Kier alpha value is -2.60. The van der Waals surface area contributed by atoms with Crippen LogP contribution in [-0.2, 0) is 6.42 Å². The van der Waals surface area contributed by atoms with Crippen molar-refractivity contribution in [3.8, 4) is 28.7 Å². The fraction of sp³-hybridized carbons (Fsp3) is 0.520. The lowest BCUT2D eigenvalue weighted by molar-refractivity contribution is -0.935. The van der Waals surface area contributed by atoms with E-state index in [0.29, 0.717) is 17.2 Å². The maximum atomic E-state index is 5.67. The van der Waals surface area contributed by atoms with Gasteiger partial charge >= 0.3 is 0 Å². The number of ether oxygens (including phenoxy) is 5. The standard InChI is InChI=1S/C25H36NO5/c1-8-9-11-26(2)12-10-17-13-20(27-3)21(28-4)16-19(17)24(26)18-14-22(29-5)25(31-7)23(15-18)30-6/h13-16,24H,8-12H2,1-7H3/q+1. The molecule has 0 amide bonds. The van der Waals surface area contributed by atoms with E-state index < -0.39 is 0 Å². The summed E-state index contributed by atoms with van der Waals surface area (Å²) in [5, 5.41) is 0. The van der Waals surface area contributed by atoms with E-state index >= 15 is 0 Å². The molecule has 2 aromatic rings. The van der Waals surface area contributed by atoms with E-state index in [9.17, 15) is 0 Å². The predicted molar refractivity (Wildman–Crippen MR) is 122 cm³/mol. The molecule has 0 aliphatic carbocycles. The third-order valence-electron chi connectivity index (χ3n) is 6.48. The summed E-state index contributed by atoms with van der Waals surface area (Å²) in [6.45, 7) is 4.38. The van der Waals surface area contributed by atoms with E-state index in [1.165, 1.54) is 17.5 Å². The molecule has 0 spiro atoms. The van der Waals surface area contributed by atoms with E-state index in [1.54, 1.807) is 35.5 Å². The largest absolute Gasteiger partial charge is 0.493 e. The maximum absolute atomic E-state index is 5.67. The number of hydrogen-bond donors (Lipinski definition) is 0. The van der Waals surface area contributed by atoms with Crippen molar-refractivity contribution < 1.29 is 28.2 Å². The van der Waals surface area contributed by atoms with E-state index in [1.807, 2.05) is 0 Å². The molecule has 0 saturated carbocycles. The summed E-state index contributed by atoms with van der Waals surface area (Å²) in [5.74, 6) is 3.48. The Morgan fingerprint density at radius 1 is 0.806 bits per heavy atom. The predicted octanol–water partition coefficient (Wildman–Crippen LogP) is 4.62. The number of hydrogen-bond acceptors (Lipinski definition) is 5. The number of quaternary nitrogens is 1. The van der Waals surface area contributed by atoms with E-state index in [4.69, 9.17) is 23.7 Å². The zero-order valence-corrected chi connectivity index (χ0v) is 19.9. The van der Waals surface area contributed by atoms with Gasteiger partial charge in [0.2, 0.25) is 5.75 Å². The quantitative estimate of drug-likeness (QED) is 0.543. The summed E-state index contributed by atoms with van der Waals surface area (Å²) in [6.07, 6.45) is 3.32. The van der Waals surface area contributed by atoms with Gasteiger partial charge in [0.05, 0.1) is 55.7 Å². The molecule has 0 N–H and O–H groups in total. The Labute approximate surface area is 186 Å². The molecule has 2 aromatic carbocycles. The van der Waals surface area contributed by atoms with Crippen LogP contribution in [0.5, 0.6) is 28.7 Å². The van der Waals surface area contributed by atoms with Crippen LogP contribution in [0.2, 0.25) is 0 Å². The third-order valence-corrected chi connectivity index (χ3v) is 6.48. The molecule has 170 valence electrons. The zero-order chi connectivity index (χ0) is 22.6. The number of unbranched alkanes of at least 4 members (excludes halogenated alkanes) is 1. The highest BCUT2D eigenvalue weighted by Crippen LogP contribution is 2.48. The van der Waals surface area contributed by atoms with Crippen LogP contribution in [0.15, 0.2) is 24.3 Å². The number of nitrogens with zero attached hydrogens (tertiary/aromatic N) is 1. The Morgan fingerprint density at radius 2 is 1.39 bits per heavy atom. The van der Waals surface area contributed by atoms with Gasteiger partial charge in [-0.05, 0) is 36.2 Å². The van der Waals surface area contributed by atoms with Crippen molar-refractivity contribution in [2.45, 2.75) is 32.2 Å². The van der Waals surface area contributed by atoms with Gasteiger partial charge in [0.1, 0.15) is 6.04 Å². The van der Waals surface area contributed by atoms with Gasteiger partial charge in [0.15, 0.2) is 23.0 Å². The minimum atomic E-state index is 0.115. The first kappa shape index (κ1) is 23.1. The van der Waals surface area contributed by atoms with Crippen LogP contribution in [-0.4, -0.2) is 60.2 Å². The van der Waals surface area contributed by atoms with E-state index in [-0.39, 0.29) is 6.04 Å². The second-order valence-electron chi connectivity index (χ2n) is 8.30. The Morgan fingerprint density at radius 3 is 1.90 bits per heavy atom. The van der Waals surface area contributed by atoms with Gasteiger partial charge in [0.25, 0.3) is 0 Å². The number of fused-ring (bicyclic) bond motifs is 1. The minimum absolute atomic E-state index is 0.115. The lowest BCUT2D eigenvalue weighted by Crippen LogP contribution is -2.52. The Balaban J connectivity index is 2.25. The molecule has 1 heterocycles. The number of benzene rings is 2. The second-order valence-corrected chi connectivity index (χ2v) is 8.30. The first-order valence-corrected chi connectivity index (χ1v) is 10.8. The lowest BCUT2D eigenvalue weighted by atomic mass is 9.85. The van der Waals surface area contributed by atoms with Gasteiger partial charge in [-0.3, -0.25) is 0 Å². The third kappa shape index (κ3) is 4.26. The number of methoxy groups -OCH3 is 5. The van der Waals surface area contributed by atoms with Crippen LogP contribution in [0.3, 0.4) is 0 Å². The molecule has 6 heteroatoms. The molecule has 1 aliphatic rings. The molecule has 1 aliphatic heterocycles. The average Bonchev–Trinajstić information content (AvgIpc) is 2.80. The van der Waals surface area contributed by atoms with Crippen LogP contribution in [0.4, 0.5) is 0 Å². The first-order chi connectivity index (χ1) is 15.0. The first-order valence-electron chi connectivity index (χ1n) is 10.8. The van der Waals surface area contributed by atoms with Gasteiger partial charge in [-0.15, -0.1) is 0 Å². The topological polar surface area (TPSA) is 46.2 Å². The highest BCUT2D eigenvalue weighted by atomic mass is 16.5. The minimum Gasteiger partial charge on any atom is -0.493 e. The molecule has 0 fully saturated rings. The summed E-state index contributed by atoms with van der Waals surface area (Å²) in [5.41, 5.74) is 3.70. The number of likely N-dealkylation sites (N-methyl/N-ethyl adjacent to an activating group) is 1. The molecule has 2 unspecified atom stereocenters. The van der Waals surface area contributed by atoms with Crippen molar-refractivity contribution in [2.75, 3.05) is 55.7 Å². The molecule has 3 rings (SSSR count). The van der Waals surface area contributed by atoms with Crippen molar-refractivity contribution in [1.82, 2.24) is 0 Å². The monoisotopic (exact) mass is 430 g/mol. The van der Waals surface area contributed by atoms with Crippen molar-refractivity contribution in [1.29, 1.82) is 0 Å². The molecule has 2 atom stereocenters. The van der Waals surface area contributed by atoms with Crippen molar-refractivity contribution in [3.63, 3.8) is 0 Å². The van der Waals surface area contributed by atoms with Crippen molar-refractivity contribution in [2.24, 2.45) is 0 Å². The van der Waals surface area contributed by atoms with Gasteiger partial charge in [-0.1, -0.05) is 13.3 Å². The normalized spacial score (nSPS) is 20.0. The van der Waals surface area contributed by atoms with Crippen LogP contribution in [0.1, 0.15) is 42.5 Å². The summed E-state index contributed by atoms with van der Waals surface area (Å²) in [4.78, 5) is 0. The molecular weight excluding hydrogens is 394 g/mol. The smallest absolute Gasteiger partial charge is 0.203 e. The zero-order valence-electron chi connectivity index (χ0n) is 19.9. The van der Waals surface area contributed by atoms with Gasteiger partial charge in [-0.2, -0.15) is 0 Å².